The van der Waals surface area contributed by atoms with Gasteiger partial charge in [0.25, 0.3) is 0 Å². The van der Waals surface area contributed by atoms with Gasteiger partial charge in [-0.3, -0.25) is 9.59 Å². The number of carbonyl (C=O) groups is 4. The molecule has 17 nitrogen and oxygen atoms in total. The maximum absolute atomic E-state index is 13.5. The van der Waals surface area contributed by atoms with Crippen molar-refractivity contribution in [1.29, 1.82) is 0 Å². The molecular weight excluding hydrogens is 1260 g/mol. The van der Waals surface area contributed by atoms with E-state index in [0.29, 0.717) is 41.1 Å². The fraction of sp³-hybridized carbons (Fsp3) is 0.233. The van der Waals surface area contributed by atoms with Crippen molar-refractivity contribution in [1.82, 2.24) is 20.1 Å². The molecule has 10 rings (SSSR count). The molecule has 2 fully saturated rings. The number of hydrogen-bond donors (Lipinski definition) is 2. The van der Waals surface area contributed by atoms with E-state index in [1.807, 2.05) is 60.7 Å². The minimum Gasteiger partial charge on any atom is -0.508 e. The highest BCUT2D eigenvalue weighted by atomic mass is 79.9. The van der Waals surface area contributed by atoms with Crippen molar-refractivity contribution in [3.05, 3.63) is 224 Å². The van der Waals surface area contributed by atoms with Gasteiger partial charge in [-0.25, -0.2) is 19.4 Å². The van der Waals surface area contributed by atoms with Gasteiger partial charge in [-0.1, -0.05) is 107 Å². The molecule has 444 valence electrons. The molecule has 25 heteroatoms. The van der Waals surface area contributed by atoms with E-state index in [-0.39, 0.29) is 77.4 Å². The third kappa shape index (κ3) is 17.9. The molecule has 2 aromatic heterocycles. The maximum Gasteiger partial charge on any atom is 0.573 e. The lowest BCUT2D eigenvalue weighted by molar-refractivity contribution is -0.276. The van der Waals surface area contributed by atoms with E-state index >= 15 is 0 Å². The van der Waals surface area contributed by atoms with Crippen LogP contribution >= 0.6 is 31.9 Å². The highest BCUT2D eigenvalue weighted by Gasteiger charge is 2.41. The number of imide groups is 2. The van der Waals surface area contributed by atoms with Gasteiger partial charge < -0.3 is 42.9 Å². The summed E-state index contributed by atoms with van der Waals surface area (Å²) in [6.07, 6.45) is -7.04. The van der Waals surface area contributed by atoms with Gasteiger partial charge in [-0.05, 0) is 127 Å². The van der Waals surface area contributed by atoms with Gasteiger partial charge in [0.05, 0.1) is 39.0 Å². The average Bonchev–Trinajstić information content (AvgIpc) is 4.56. The summed E-state index contributed by atoms with van der Waals surface area (Å²) in [6, 6.07) is 43.5. The number of alkyl halides is 6. The lowest BCUT2D eigenvalue weighted by Gasteiger charge is -2.22. The second kappa shape index (κ2) is 28.7. The van der Waals surface area contributed by atoms with E-state index in [9.17, 15) is 50.6 Å². The zero-order valence-electron chi connectivity index (χ0n) is 44.3. The summed E-state index contributed by atoms with van der Waals surface area (Å²) in [5, 5.41) is 26.3. The summed E-state index contributed by atoms with van der Waals surface area (Å²) in [5.41, 5.74) is 5.43. The third-order valence-electron chi connectivity index (χ3n) is 13.1. The van der Waals surface area contributed by atoms with Gasteiger partial charge in [0.2, 0.25) is 11.8 Å². The number of phenolic OH excluding ortho intramolecular Hbond substituents is 1. The minimum atomic E-state index is -4.82. The number of nitrogens with zero attached hydrogens (tertiary/aromatic N) is 4. The summed E-state index contributed by atoms with van der Waals surface area (Å²) in [5.74, 6) is -1.82. The molecule has 2 N–H and O–H groups in total. The molecular formula is C60H50Br2F6N4O13. The van der Waals surface area contributed by atoms with Crippen LogP contribution in [0.3, 0.4) is 0 Å². The van der Waals surface area contributed by atoms with Gasteiger partial charge in [-0.2, -0.15) is 0 Å². The Balaban J connectivity index is 0.000000188. The predicted octanol–water partition coefficient (Wildman–Crippen LogP) is 13.4. The van der Waals surface area contributed by atoms with Crippen molar-refractivity contribution in [2.75, 3.05) is 13.2 Å². The number of rotatable bonds is 18. The quantitative estimate of drug-likeness (QED) is 0.0765. The van der Waals surface area contributed by atoms with Crippen LogP contribution in [0.25, 0.3) is 0 Å². The summed E-state index contributed by atoms with van der Waals surface area (Å²) >= 11 is 5.95. The molecule has 2 aliphatic rings. The van der Waals surface area contributed by atoms with Crippen LogP contribution in [0.15, 0.2) is 188 Å². The number of ether oxygens (including phenoxy) is 5. The Bertz CT molecular complexity index is 3470. The van der Waals surface area contributed by atoms with Crippen LogP contribution in [0.4, 0.5) is 35.9 Å². The SMILES string of the molecule is O=C(C[C@@H](c1ccc(O)cc1)c1ccon1)N1C(=O)OC[C@@H]1Cc1ccccc1.O=C(C[C@@H](c1ccc(OCc2ccc(Br)c(OC(F)(F)F)c2)cc1)c1ccon1)N1C(=O)OC[C@@H]1Cc1ccccc1.OCc1ccc(Br)c(OC(F)(F)F)c1. The lowest BCUT2D eigenvalue weighted by atomic mass is 9.91. The number of aromatic nitrogens is 2. The highest BCUT2D eigenvalue weighted by Crippen LogP contribution is 2.36. The van der Waals surface area contributed by atoms with Crippen LogP contribution in [0, 0.1) is 0 Å². The molecule has 8 aromatic rings. The van der Waals surface area contributed by atoms with Crippen molar-refractivity contribution >= 4 is 55.9 Å². The van der Waals surface area contributed by atoms with Gasteiger partial charge in [0.1, 0.15) is 55.3 Å². The number of hydrogen-bond acceptors (Lipinski definition) is 15. The van der Waals surface area contributed by atoms with Gasteiger partial charge in [-0.15, -0.1) is 26.3 Å². The molecule has 0 radical (unpaired) electrons. The molecule has 6 aromatic carbocycles. The number of carbonyl (C=O) groups excluding carboxylic acids is 4. The Morgan fingerprint density at radius 1 is 0.576 bits per heavy atom. The number of aliphatic hydroxyl groups excluding tert-OH is 1. The molecule has 4 amide bonds. The second-order valence-electron chi connectivity index (χ2n) is 19.0. The lowest BCUT2D eigenvalue weighted by Crippen LogP contribution is -2.40. The number of halogens is 8. The summed E-state index contributed by atoms with van der Waals surface area (Å²) in [7, 11) is 0. The van der Waals surface area contributed by atoms with Crippen LogP contribution in [0.2, 0.25) is 0 Å². The third-order valence-corrected chi connectivity index (χ3v) is 14.4. The van der Waals surface area contributed by atoms with Crippen LogP contribution in [-0.4, -0.2) is 92.3 Å². The Hall–Kier alpha value is -8.68. The number of benzene rings is 6. The van der Waals surface area contributed by atoms with E-state index in [0.717, 1.165) is 28.3 Å². The summed E-state index contributed by atoms with van der Waals surface area (Å²) in [6.45, 7) is -0.0525. The zero-order valence-corrected chi connectivity index (χ0v) is 47.5. The first-order valence-electron chi connectivity index (χ1n) is 25.8. The first kappa shape index (κ1) is 62.4. The smallest absolute Gasteiger partial charge is 0.508 e. The number of cyclic esters (lactones) is 2. The van der Waals surface area contributed by atoms with Crippen molar-refractivity contribution in [2.45, 2.75) is 75.5 Å². The molecule has 0 spiro atoms. The molecule has 2 aliphatic heterocycles. The number of aromatic hydroxyl groups is 1. The number of aliphatic hydroxyl groups is 1. The topological polar surface area (TPSA) is 213 Å². The predicted molar refractivity (Wildman–Crippen MR) is 297 cm³/mol. The highest BCUT2D eigenvalue weighted by molar-refractivity contribution is 9.11. The van der Waals surface area contributed by atoms with Crippen molar-refractivity contribution < 1.29 is 88.5 Å². The summed E-state index contributed by atoms with van der Waals surface area (Å²) in [4.78, 5) is 53.8. The average molecular weight is 1310 g/mol. The second-order valence-corrected chi connectivity index (χ2v) is 20.7. The van der Waals surface area contributed by atoms with Crippen molar-refractivity contribution in [2.24, 2.45) is 0 Å². The van der Waals surface area contributed by atoms with Crippen LogP contribution in [-0.2, 0) is 45.1 Å². The fourth-order valence-corrected chi connectivity index (χ4v) is 9.75. The molecule has 0 bridgehead atoms. The Labute approximate surface area is 497 Å². The van der Waals surface area contributed by atoms with Crippen LogP contribution in [0.5, 0.6) is 23.0 Å². The normalized spacial score (nSPS) is 15.5. The van der Waals surface area contributed by atoms with E-state index < -0.39 is 48.7 Å². The van der Waals surface area contributed by atoms with Crippen molar-refractivity contribution in [3.8, 4) is 23.0 Å². The van der Waals surface area contributed by atoms with Crippen LogP contribution in [0.1, 0.15) is 69.4 Å². The molecule has 0 saturated carbocycles. The van der Waals surface area contributed by atoms with Gasteiger partial charge >= 0.3 is 24.9 Å². The first-order valence-corrected chi connectivity index (χ1v) is 27.4. The molecule has 4 atom stereocenters. The summed E-state index contributed by atoms with van der Waals surface area (Å²) < 4.78 is 108. The van der Waals surface area contributed by atoms with Crippen molar-refractivity contribution in [3.63, 3.8) is 0 Å². The number of phenols is 1. The molecule has 0 aliphatic carbocycles. The molecule has 4 heterocycles. The van der Waals surface area contributed by atoms with E-state index in [1.165, 1.54) is 46.6 Å². The van der Waals surface area contributed by atoms with E-state index in [2.05, 4.69) is 51.6 Å². The van der Waals surface area contributed by atoms with Gasteiger partial charge in [0.15, 0.2) is 0 Å². The maximum atomic E-state index is 13.5. The Morgan fingerprint density at radius 3 is 1.41 bits per heavy atom. The monoisotopic (exact) mass is 1310 g/mol. The Morgan fingerprint density at radius 2 is 1.00 bits per heavy atom. The standard InChI is InChI=1S/C30H24BrF3N2O6.C22H20N2O5.C8H6BrF3O2/c31-25-11-6-20(15-27(25)42-30(32,33)34)17-39-23-9-7-21(8-10-23)24(26-12-13-41-35-26)16-28(37)36-22(18-40-29(36)38)14-19-4-2-1-3-5-19;25-18-8-6-16(7-9-18)19(20-10-11-29-23-20)13-21(26)24-17(14-28-22(24)27)12-15-4-2-1-3-5-15;9-6-2-1-5(4-13)3-7(6)14-8(10,11)12/h1-13,15,22,24H,14,16-18H2;1-11,17,19,25H,12-14H2;1-3,13H,4H2/t22-,24-;17-,19-;/m00./s1. The van der Waals surface area contributed by atoms with Gasteiger partial charge in [0, 0.05) is 36.8 Å². The molecule has 85 heavy (non-hydrogen) atoms. The van der Waals surface area contributed by atoms with E-state index in [1.54, 1.807) is 66.7 Å². The molecule has 2 saturated heterocycles. The zero-order chi connectivity index (χ0) is 60.7. The fourth-order valence-electron chi connectivity index (χ4n) is 9.10. The largest absolute Gasteiger partial charge is 0.573 e. The Kier molecular flexibility index (Phi) is 21.1. The van der Waals surface area contributed by atoms with Crippen LogP contribution < -0.4 is 14.2 Å². The number of amides is 4. The first-order chi connectivity index (χ1) is 40.7. The van der Waals surface area contributed by atoms with E-state index in [4.69, 9.17) is 28.4 Å². The molecule has 0 unspecified atom stereocenters. The minimum absolute atomic E-state index is 0.00802.